The van der Waals surface area contributed by atoms with Crippen LogP contribution in [0.2, 0.25) is 0 Å². The van der Waals surface area contributed by atoms with Gasteiger partial charge in [0.05, 0.1) is 10.8 Å². The molecule has 7 nitrogen and oxygen atoms in total. The van der Waals surface area contributed by atoms with E-state index in [2.05, 4.69) is 6.07 Å². The van der Waals surface area contributed by atoms with Gasteiger partial charge in [-0.3, -0.25) is 4.79 Å². The van der Waals surface area contributed by atoms with Gasteiger partial charge in [0.2, 0.25) is 10.0 Å². The van der Waals surface area contributed by atoms with E-state index in [4.69, 9.17) is 14.2 Å². The Morgan fingerprint density at radius 1 is 1.00 bits per heavy atom. The second kappa shape index (κ2) is 8.88. The van der Waals surface area contributed by atoms with E-state index in [1.54, 1.807) is 6.07 Å². The van der Waals surface area contributed by atoms with E-state index in [9.17, 15) is 13.2 Å². The van der Waals surface area contributed by atoms with Crippen LogP contribution in [-0.4, -0.2) is 45.0 Å². The van der Waals surface area contributed by atoms with Crippen LogP contribution >= 0.6 is 0 Å². The zero-order valence-electron chi connectivity index (χ0n) is 17.8. The monoisotopic (exact) mass is 445 g/mol. The topological polar surface area (TPSA) is 82.1 Å². The average Bonchev–Trinajstić information content (AvgIpc) is 2.76. The number of hydrogen-bond acceptors (Lipinski definition) is 6. The highest BCUT2D eigenvalue weighted by molar-refractivity contribution is 7.89. The van der Waals surface area contributed by atoms with Crippen molar-refractivity contribution in [3.8, 4) is 11.5 Å². The Morgan fingerprint density at radius 2 is 1.65 bits per heavy atom. The lowest BCUT2D eigenvalue weighted by Gasteiger charge is -2.30. The number of carbonyl (C=O) groups excluding carboxylic acids is 1. The molecule has 0 radical (unpaired) electrons. The summed E-state index contributed by atoms with van der Waals surface area (Å²) in [6.07, 6.45) is 0.880. The minimum atomic E-state index is -3.66. The molecule has 0 spiro atoms. The predicted molar refractivity (Wildman–Crippen MR) is 115 cm³/mol. The number of ether oxygens (including phenoxy) is 3. The van der Waals surface area contributed by atoms with Gasteiger partial charge in [0.15, 0.2) is 11.5 Å². The molecule has 2 aliphatic heterocycles. The third-order valence-electron chi connectivity index (χ3n) is 5.60. The van der Waals surface area contributed by atoms with Crippen molar-refractivity contribution in [2.45, 2.75) is 38.2 Å². The minimum Gasteiger partial charge on any atom is -0.486 e. The first-order valence-electron chi connectivity index (χ1n) is 10.5. The van der Waals surface area contributed by atoms with E-state index in [1.807, 2.05) is 26.0 Å². The maximum Gasteiger partial charge on any atom is 0.309 e. The molecule has 0 atom stereocenters. The Kier molecular flexibility index (Phi) is 6.20. The number of aryl methyl sites for hydroxylation is 2. The normalized spacial score (nSPS) is 17.4. The molecule has 2 heterocycles. The van der Waals surface area contributed by atoms with E-state index in [0.717, 1.165) is 16.7 Å². The van der Waals surface area contributed by atoms with Crippen molar-refractivity contribution in [3.63, 3.8) is 0 Å². The standard InChI is InChI=1S/C23H27NO6S/c1-16-11-17(2)13-18(12-16)15-30-23(25)19-5-7-24(8-6-19)31(26,27)20-3-4-21-22(14-20)29-10-9-28-21/h3-4,11-14,19H,5-10,15H2,1-2H3. The lowest BCUT2D eigenvalue weighted by Crippen LogP contribution is -2.40. The molecular formula is C23H27NO6S. The fraction of sp³-hybridized carbons (Fsp3) is 0.435. The van der Waals surface area contributed by atoms with Gasteiger partial charge in [-0.05, 0) is 44.4 Å². The molecule has 0 aliphatic carbocycles. The van der Waals surface area contributed by atoms with Crippen molar-refractivity contribution in [3.05, 3.63) is 53.1 Å². The summed E-state index contributed by atoms with van der Waals surface area (Å²) in [4.78, 5) is 12.7. The number of piperidine rings is 1. The fourth-order valence-corrected chi connectivity index (χ4v) is 5.58. The summed E-state index contributed by atoms with van der Waals surface area (Å²) >= 11 is 0. The maximum atomic E-state index is 13.0. The summed E-state index contributed by atoms with van der Waals surface area (Å²) in [6.45, 7) is 5.65. The summed E-state index contributed by atoms with van der Waals surface area (Å²) in [5.74, 6) is 0.431. The largest absolute Gasteiger partial charge is 0.486 e. The number of carbonyl (C=O) groups is 1. The van der Waals surface area contributed by atoms with E-state index in [0.29, 0.717) is 37.6 Å². The SMILES string of the molecule is Cc1cc(C)cc(COC(=O)C2CCN(S(=O)(=O)c3ccc4c(c3)OCCO4)CC2)c1. The molecule has 31 heavy (non-hydrogen) atoms. The van der Waals surface area contributed by atoms with E-state index < -0.39 is 10.0 Å². The highest BCUT2D eigenvalue weighted by Gasteiger charge is 2.33. The number of hydrogen-bond donors (Lipinski definition) is 0. The van der Waals surface area contributed by atoms with Crippen LogP contribution in [0.25, 0.3) is 0 Å². The van der Waals surface area contributed by atoms with Crippen LogP contribution in [0.5, 0.6) is 11.5 Å². The Bertz CT molecular complexity index is 1050. The predicted octanol–water partition coefficient (Wildman–Crippen LogP) is 3.22. The molecular weight excluding hydrogens is 418 g/mol. The van der Waals surface area contributed by atoms with Crippen molar-refractivity contribution in [2.24, 2.45) is 5.92 Å². The number of esters is 1. The highest BCUT2D eigenvalue weighted by atomic mass is 32.2. The maximum absolute atomic E-state index is 13.0. The summed E-state index contributed by atoms with van der Waals surface area (Å²) in [5.41, 5.74) is 3.22. The summed E-state index contributed by atoms with van der Waals surface area (Å²) in [7, 11) is -3.66. The lowest BCUT2D eigenvalue weighted by molar-refractivity contribution is -0.151. The fourth-order valence-electron chi connectivity index (χ4n) is 4.09. The van der Waals surface area contributed by atoms with Crippen LogP contribution in [-0.2, 0) is 26.2 Å². The molecule has 2 aromatic rings. The van der Waals surface area contributed by atoms with Crippen LogP contribution in [0.15, 0.2) is 41.3 Å². The molecule has 0 aromatic heterocycles. The molecule has 166 valence electrons. The van der Waals surface area contributed by atoms with Gasteiger partial charge in [-0.15, -0.1) is 0 Å². The van der Waals surface area contributed by atoms with Crippen LogP contribution in [0, 0.1) is 19.8 Å². The Morgan fingerprint density at radius 3 is 2.32 bits per heavy atom. The highest BCUT2D eigenvalue weighted by Crippen LogP contribution is 2.34. The zero-order chi connectivity index (χ0) is 22.0. The van der Waals surface area contributed by atoms with Gasteiger partial charge in [0, 0.05) is 19.2 Å². The van der Waals surface area contributed by atoms with Gasteiger partial charge in [0.1, 0.15) is 19.8 Å². The smallest absolute Gasteiger partial charge is 0.309 e. The van der Waals surface area contributed by atoms with E-state index >= 15 is 0 Å². The first-order valence-corrected chi connectivity index (χ1v) is 11.9. The van der Waals surface area contributed by atoms with Crippen LogP contribution < -0.4 is 9.47 Å². The molecule has 8 heteroatoms. The lowest BCUT2D eigenvalue weighted by atomic mass is 9.98. The van der Waals surface area contributed by atoms with Crippen LogP contribution in [0.1, 0.15) is 29.5 Å². The third kappa shape index (κ3) is 4.85. The molecule has 4 rings (SSSR count). The molecule has 1 fully saturated rings. The van der Waals surface area contributed by atoms with Gasteiger partial charge in [-0.1, -0.05) is 29.3 Å². The van der Waals surface area contributed by atoms with Crippen LogP contribution in [0.4, 0.5) is 0 Å². The number of sulfonamides is 1. The molecule has 0 unspecified atom stereocenters. The second-order valence-electron chi connectivity index (χ2n) is 8.09. The van der Waals surface area contributed by atoms with E-state index in [-0.39, 0.29) is 36.5 Å². The van der Waals surface area contributed by atoms with Gasteiger partial charge in [-0.25, -0.2) is 8.42 Å². The Hall–Kier alpha value is -2.58. The number of rotatable bonds is 5. The second-order valence-corrected chi connectivity index (χ2v) is 10.0. The summed E-state index contributed by atoms with van der Waals surface area (Å²) < 4.78 is 44.0. The number of fused-ring (bicyclic) bond motifs is 1. The summed E-state index contributed by atoms with van der Waals surface area (Å²) in [6, 6.07) is 10.7. The molecule has 0 N–H and O–H groups in total. The average molecular weight is 446 g/mol. The third-order valence-corrected chi connectivity index (χ3v) is 7.50. The van der Waals surface area contributed by atoms with Crippen molar-refractivity contribution in [1.82, 2.24) is 4.31 Å². The van der Waals surface area contributed by atoms with Gasteiger partial charge in [0.25, 0.3) is 0 Å². The van der Waals surface area contributed by atoms with E-state index in [1.165, 1.54) is 16.4 Å². The van der Waals surface area contributed by atoms with Gasteiger partial charge >= 0.3 is 5.97 Å². The van der Waals surface area contributed by atoms with Gasteiger partial charge in [-0.2, -0.15) is 4.31 Å². The molecule has 2 aromatic carbocycles. The van der Waals surface area contributed by atoms with Gasteiger partial charge < -0.3 is 14.2 Å². The number of benzene rings is 2. The first-order chi connectivity index (χ1) is 14.8. The minimum absolute atomic E-state index is 0.174. The molecule has 0 amide bonds. The Balaban J connectivity index is 1.35. The molecule has 0 bridgehead atoms. The number of nitrogens with zero attached hydrogens (tertiary/aromatic N) is 1. The molecule has 2 aliphatic rings. The van der Waals surface area contributed by atoms with Crippen LogP contribution in [0.3, 0.4) is 0 Å². The Labute approximate surface area is 183 Å². The first kappa shape index (κ1) is 21.6. The quantitative estimate of drug-likeness (QED) is 0.658. The van der Waals surface area contributed by atoms with Crippen molar-refractivity contribution >= 4 is 16.0 Å². The van der Waals surface area contributed by atoms with Crippen molar-refractivity contribution in [1.29, 1.82) is 0 Å². The summed E-state index contributed by atoms with van der Waals surface area (Å²) in [5, 5.41) is 0. The zero-order valence-corrected chi connectivity index (χ0v) is 18.6. The molecule has 1 saturated heterocycles. The van der Waals surface area contributed by atoms with Crippen molar-refractivity contribution in [2.75, 3.05) is 26.3 Å². The van der Waals surface area contributed by atoms with Crippen molar-refractivity contribution < 1.29 is 27.4 Å². The molecule has 0 saturated carbocycles.